The SMILES string of the molecule is Fc1c(F)c(OCCCCCCCCCCCCOc2c(F)c(F)c(I)c(F)c2F)c(F)c(F)c1I. The van der Waals surface area contributed by atoms with Gasteiger partial charge in [-0.2, -0.15) is 17.6 Å². The summed E-state index contributed by atoms with van der Waals surface area (Å²) >= 11 is 2.36. The fourth-order valence-corrected chi connectivity index (χ4v) is 4.34. The summed E-state index contributed by atoms with van der Waals surface area (Å²) in [5, 5.41) is 0. The molecule has 0 radical (unpaired) electrons. The molecule has 0 N–H and O–H groups in total. The Labute approximate surface area is 231 Å². The topological polar surface area (TPSA) is 18.5 Å². The van der Waals surface area contributed by atoms with E-state index in [1.807, 2.05) is 0 Å². The Morgan fingerprint density at radius 1 is 0.361 bits per heavy atom. The highest BCUT2D eigenvalue weighted by Crippen LogP contribution is 2.32. The molecule has 0 aliphatic rings. The van der Waals surface area contributed by atoms with Crippen molar-refractivity contribution in [2.45, 2.75) is 64.2 Å². The van der Waals surface area contributed by atoms with Gasteiger partial charge in [-0.25, -0.2) is 17.6 Å². The lowest BCUT2D eigenvalue weighted by Gasteiger charge is -2.11. The van der Waals surface area contributed by atoms with Crippen molar-refractivity contribution in [1.82, 2.24) is 0 Å². The van der Waals surface area contributed by atoms with Gasteiger partial charge in [-0.15, -0.1) is 0 Å². The smallest absolute Gasteiger partial charge is 0.205 e. The Hall–Kier alpha value is -1.06. The van der Waals surface area contributed by atoms with Crippen LogP contribution in [-0.4, -0.2) is 13.2 Å². The van der Waals surface area contributed by atoms with Crippen LogP contribution in [0.2, 0.25) is 0 Å². The third-order valence-electron chi connectivity index (χ3n) is 5.37. The van der Waals surface area contributed by atoms with Crippen LogP contribution >= 0.6 is 45.2 Å². The summed E-state index contributed by atoms with van der Waals surface area (Å²) in [4.78, 5) is 0. The zero-order chi connectivity index (χ0) is 26.8. The maximum atomic E-state index is 13.7. The maximum absolute atomic E-state index is 13.7. The first-order chi connectivity index (χ1) is 17.1. The molecule has 36 heavy (non-hydrogen) atoms. The molecule has 2 aromatic carbocycles. The molecular weight excluding hydrogens is 726 g/mol. The number of halogens is 10. The number of unbranched alkanes of at least 4 members (excludes halogenated alkanes) is 9. The Morgan fingerprint density at radius 2 is 0.583 bits per heavy atom. The van der Waals surface area contributed by atoms with Crippen molar-refractivity contribution in [2.75, 3.05) is 13.2 Å². The molecule has 12 heteroatoms. The average Bonchev–Trinajstić information content (AvgIpc) is 2.87. The maximum Gasteiger partial charge on any atom is 0.205 e. The second-order valence-corrected chi connectivity index (χ2v) is 10.2. The van der Waals surface area contributed by atoms with Crippen molar-refractivity contribution in [2.24, 2.45) is 0 Å². The Balaban J connectivity index is 1.50. The lowest BCUT2D eigenvalue weighted by Crippen LogP contribution is -2.07. The molecule has 0 aliphatic carbocycles. The van der Waals surface area contributed by atoms with E-state index >= 15 is 0 Å². The van der Waals surface area contributed by atoms with Crippen LogP contribution in [-0.2, 0) is 0 Å². The lowest BCUT2D eigenvalue weighted by atomic mass is 10.1. The second-order valence-electron chi connectivity index (χ2n) is 8.03. The molecule has 0 heterocycles. The van der Waals surface area contributed by atoms with Gasteiger partial charge in [0.15, 0.2) is 34.8 Å². The monoisotopic (exact) mass is 750 g/mol. The van der Waals surface area contributed by atoms with Crippen LogP contribution in [0.3, 0.4) is 0 Å². The van der Waals surface area contributed by atoms with E-state index in [1.54, 1.807) is 0 Å². The van der Waals surface area contributed by atoms with E-state index in [0.29, 0.717) is 12.8 Å². The van der Waals surface area contributed by atoms with E-state index in [1.165, 1.54) is 45.2 Å². The van der Waals surface area contributed by atoms with Crippen molar-refractivity contribution in [1.29, 1.82) is 0 Å². The minimum absolute atomic E-state index is 0.0648. The standard InChI is InChI=1S/C24H24F8I2O2/c25-13-17(29)23(18(30)14(26)21(13)33)35-11-9-7-5-3-1-2-4-6-8-10-12-36-24-19(31)15(27)22(34)16(28)20(24)32/h1-12H2. The van der Waals surface area contributed by atoms with Crippen LogP contribution in [0.1, 0.15) is 64.2 Å². The second kappa shape index (κ2) is 15.4. The molecule has 2 aromatic rings. The molecule has 0 unspecified atom stereocenters. The van der Waals surface area contributed by atoms with Crippen LogP contribution in [0, 0.1) is 53.7 Å². The molecule has 2 rings (SSSR count). The number of hydrogen-bond acceptors (Lipinski definition) is 2. The first-order valence-corrected chi connectivity index (χ1v) is 13.5. The van der Waals surface area contributed by atoms with E-state index in [2.05, 4.69) is 0 Å². The van der Waals surface area contributed by atoms with Crippen molar-refractivity contribution in [3.63, 3.8) is 0 Å². The molecular formula is C24H24F8I2O2. The van der Waals surface area contributed by atoms with E-state index in [0.717, 1.165) is 51.4 Å². The number of hydrogen-bond donors (Lipinski definition) is 0. The van der Waals surface area contributed by atoms with Gasteiger partial charge in [0.05, 0.1) is 20.4 Å². The third kappa shape index (κ3) is 8.22. The molecule has 2 nitrogen and oxygen atoms in total. The largest absolute Gasteiger partial charge is 0.487 e. The van der Waals surface area contributed by atoms with Gasteiger partial charge in [0.2, 0.25) is 23.3 Å². The third-order valence-corrected chi connectivity index (χ3v) is 7.26. The summed E-state index contributed by atoms with van der Waals surface area (Å²) in [6, 6.07) is 0. The summed E-state index contributed by atoms with van der Waals surface area (Å²) in [6.07, 6.45) is 7.91. The predicted molar refractivity (Wildman–Crippen MR) is 135 cm³/mol. The number of ether oxygens (including phenoxy) is 2. The van der Waals surface area contributed by atoms with Crippen LogP contribution in [0.15, 0.2) is 0 Å². The molecule has 0 fully saturated rings. The van der Waals surface area contributed by atoms with Gasteiger partial charge in [-0.05, 0) is 58.0 Å². The molecule has 0 atom stereocenters. The fraction of sp³-hybridized carbons (Fsp3) is 0.500. The fourth-order valence-electron chi connectivity index (χ4n) is 3.39. The molecule has 202 valence electrons. The van der Waals surface area contributed by atoms with Crippen LogP contribution < -0.4 is 9.47 Å². The van der Waals surface area contributed by atoms with Crippen LogP contribution in [0.5, 0.6) is 11.5 Å². The van der Waals surface area contributed by atoms with E-state index in [4.69, 9.17) is 9.47 Å². The highest BCUT2D eigenvalue weighted by Gasteiger charge is 2.26. The van der Waals surface area contributed by atoms with Crippen molar-refractivity contribution in [3.8, 4) is 11.5 Å². The van der Waals surface area contributed by atoms with Gasteiger partial charge in [0, 0.05) is 0 Å². The van der Waals surface area contributed by atoms with Gasteiger partial charge in [0.1, 0.15) is 0 Å². The molecule has 0 amide bonds. The normalized spacial score (nSPS) is 11.3. The number of rotatable bonds is 15. The molecule has 0 aliphatic heterocycles. The highest BCUT2D eigenvalue weighted by atomic mass is 127. The quantitative estimate of drug-likeness (QED) is 0.0595. The predicted octanol–water partition coefficient (Wildman–Crippen LogP) is 9.37. The Kier molecular flexibility index (Phi) is 13.3. The average molecular weight is 750 g/mol. The van der Waals surface area contributed by atoms with E-state index in [-0.39, 0.29) is 13.2 Å². The van der Waals surface area contributed by atoms with Crippen molar-refractivity contribution < 1.29 is 44.6 Å². The summed E-state index contributed by atoms with van der Waals surface area (Å²) in [7, 11) is 0. The minimum Gasteiger partial charge on any atom is -0.487 e. The molecule has 0 spiro atoms. The highest BCUT2D eigenvalue weighted by molar-refractivity contribution is 14.1. The zero-order valence-corrected chi connectivity index (χ0v) is 23.4. The minimum atomic E-state index is -1.54. The summed E-state index contributed by atoms with van der Waals surface area (Å²) in [5.41, 5.74) is 0. The van der Waals surface area contributed by atoms with Crippen molar-refractivity contribution in [3.05, 3.63) is 53.7 Å². The molecule has 0 aromatic heterocycles. The van der Waals surface area contributed by atoms with E-state index < -0.39 is 65.2 Å². The van der Waals surface area contributed by atoms with Gasteiger partial charge < -0.3 is 9.47 Å². The van der Waals surface area contributed by atoms with E-state index in [9.17, 15) is 35.1 Å². The van der Waals surface area contributed by atoms with Crippen LogP contribution in [0.4, 0.5) is 35.1 Å². The summed E-state index contributed by atoms with van der Waals surface area (Å²) < 4.78 is 117. The molecule has 0 saturated carbocycles. The lowest BCUT2D eigenvalue weighted by molar-refractivity contribution is 0.261. The van der Waals surface area contributed by atoms with Gasteiger partial charge >= 0.3 is 0 Å². The van der Waals surface area contributed by atoms with Gasteiger partial charge in [0.25, 0.3) is 0 Å². The zero-order valence-electron chi connectivity index (χ0n) is 19.1. The Bertz CT molecular complexity index is 897. The summed E-state index contributed by atoms with van der Waals surface area (Å²) in [6.45, 7) is -0.130. The first kappa shape index (κ1) is 31.2. The van der Waals surface area contributed by atoms with Gasteiger partial charge in [-0.3, -0.25) is 0 Å². The number of benzene rings is 2. The Morgan fingerprint density at radius 3 is 0.833 bits per heavy atom. The summed E-state index contributed by atoms with van der Waals surface area (Å²) in [5.74, 6) is -14.1. The van der Waals surface area contributed by atoms with Gasteiger partial charge in [-0.1, -0.05) is 51.4 Å². The van der Waals surface area contributed by atoms with Crippen molar-refractivity contribution >= 4 is 45.2 Å². The molecule has 0 bridgehead atoms. The van der Waals surface area contributed by atoms with Crippen LogP contribution in [0.25, 0.3) is 0 Å². The first-order valence-electron chi connectivity index (χ1n) is 11.4. The molecule has 0 saturated heterocycles.